The van der Waals surface area contributed by atoms with Crippen LogP contribution in [0, 0.1) is 11.3 Å². The number of primary amides is 1. The number of benzene rings is 1. The van der Waals surface area contributed by atoms with Crippen LogP contribution >= 0.6 is 0 Å². The van der Waals surface area contributed by atoms with Crippen LogP contribution in [0.5, 0.6) is 5.75 Å². The predicted octanol–water partition coefficient (Wildman–Crippen LogP) is 5.26. The number of fused-ring (bicyclic) bond motifs is 1. The number of rotatable bonds is 5. The van der Waals surface area contributed by atoms with Crippen LogP contribution in [0.4, 0.5) is 4.79 Å². The highest BCUT2D eigenvalue weighted by Crippen LogP contribution is 2.52. The van der Waals surface area contributed by atoms with E-state index in [4.69, 9.17) is 15.2 Å². The van der Waals surface area contributed by atoms with Gasteiger partial charge in [0.2, 0.25) is 0 Å². The first-order valence-corrected chi connectivity index (χ1v) is 9.48. The topological polar surface area (TPSA) is 61.6 Å². The summed E-state index contributed by atoms with van der Waals surface area (Å²) >= 11 is 0. The molecule has 0 radical (unpaired) electrons. The van der Waals surface area contributed by atoms with E-state index >= 15 is 0 Å². The maximum absolute atomic E-state index is 11.5. The van der Waals surface area contributed by atoms with Crippen molar-refractivity contribution in [2.45, 2.75) is 46.6 Å². The van der Waals surface area contributed by atoms with Crippen molar-refractivity contribution in [2.75, 3.05) is 6.61 Å². The molecule has 2 aliphatic carbocycles. The minimum Gasteiger partial charge on any atom is -0.493 e. The van der Waals surface area contributed by atoms with Crippen molar-refractivity contribution in [1.82, 2.24) is 0 Å². The largest absolute Gasteiger partial charge is 0.493 e. The van der Waals surface area contributed by atoms with E-state index < -0.39 is 11.7 Å². The fourth-order valence-corrected chi connectivity index (χ4v) is 3.73. The van der Waals surface area contributed by atoms with E-state index in [1.54, 1.807) is 0 Å². The SMILES string of the molecule is CC(C)COc1ccc(C2=CC3=CC(C)(C)[C@@](C)(OC(N)=O)C3=CC2)cc1. The number of allylic oxidation sites excluding steroid dienone is 3. The summed E-state index contributed by atoms with van der Waals surface area (Å²) < 4.78 is 11.3. The van der Waals surface area contributed by atoms with Crippen LogP contribution < -0.4 is 10.5 Å². The van der Waals surface area contributed by atoms with Crippen molar-refractivity contribution in [3.63, 3.8) is 0 Å². The van der Waals surface area contributed by atoms with Crippen LogP contribution in [0.15, 0.2) is 53.6 Å². The molecule has 1 aromatic carbocycles. The third kappa shape index (κ3) is 3.66. The molecule has 0 spiro atoms. The Bertz CT molecular complexity index is 828. The van der Waals surface area contributed by atoms with E-state index in [9.17, 15) is 4.79 Å². The number of nitrogens with two attached hydrogens (primary N) is 1. The van der Waals surface area contributed by atoms with E-state index in [1.807, 2.05) is 19.1 Å². The summed E-state index contributed by atoms with van der Waals surface area (Å²) in [5.41, 5.74) is 8.81. The average molecular weight is 367 g/mol. The lowest BCUT2D eigenvalue weighted by molar-refractivity contribution is 0.00172. The molecule has 0 aliphatic heterocycles. The average Bonchev–Trinajstić information content (AvgIpc) is 2.78. The number of hydrogen-bond acceptors (Lipinski definition) is 3. The third-order valence-corrected chi connectivity index (χ3v) is 5.54. The Labute approximate surface area is 161 Å². The first kappa shape index (κ1) is 19.3. The third-order valence-electron chi connectivity index (χ3n) is 5.54. The first-order valence-electron chi connectivity index (χ1n) is 9.48. The molecule has 1 amide bonds. The Kier molecular flexibility index (Phi) is 4.94. The zero-order valence-corrected chi connectivity index (χ0v) is 16.8. The highest BCUT2D eigenvalue weighted by atomic mass is 16.6. The maximum Gasteiger partial charge on any atom is 0.405 e. The molecule has 0 bridgehead atoms. The molecule has 0 fully saturated rings. The van der Waals surface area contributed by atoms with E-state index in [-0.39, 0.29) is 5.41 Å². The van der Waals surface area contributed by atoms with E-state index in [0.29, 0.717) is 12.5 Å². The lowest BCUT2D eigenvalue weighted by atomic mass is 9.75. The van der Waals surface area contributed by atoms with Crippen LogP contribution in [-0.4, -0.2) is 18.3 Å². The molecule has 0 saturated carbocycles. The smallest absolute Gasteiger partial charge is 0.405 e. The molecule has 4 heteroatoms. The molecule has 4 nitrogen and oxygen atoms in total. The summed E-state index contributed by atoms with van der Waals surface area (Å²) in [6.45, 7) is 11.1. The van der Waals surface area contributed by atoms with Crippen molar-refractivity contribution >= 4 is 11.7 Å². The fraction of sp³-hybridized carbons (Fsp3) is 0.435. The van der Waals surface area contributed by atoms with Crippen molar-refractivity contribution < 1.29 is 14.3 Å². The Morgan fingerprint density at radius 2 is 1.85 bits per heavy atom. The summed E-state index contributed by atoms with van der Waals surface area (Å²) in [6, 6.07) is 8.23. The van der Waals surface area contributed by atoms with E-state index in [2.05, 4.69) is 58.1 Å². The highest BCUT2D eigenvalue weighted by Gasteiger charge is 2.51. The normalized spacial score (nSPS) is 23.3. The van der Waals surface area contributed by atoms with Crippen LogP contribution in [0.1, 0.15) is 46.6 Å². The monoisotopic (exact) mass is 367 g/mol. The van der Waals surface area contributed by atoms with Gasteiger partial charge < -0.3 is 15.2 Å². The van der Waals surface area contributed by atoms with E-state index in [0.717, 1.165) is 23.3 Å². The van der Waals surface area contributed by atoms with Gasteiger partial charge in [0.05, 0.1) is 6.61 Å². The lowest BCUT2D eigenvalue weighted by Gasteiger charge is -2.38. The highest BCUT2D eigenvalue weighted by molar-refractivity contribution is 5.77. The number of amides is 1. The van der Waals surface area contributed by atoms with Gasteiger partial charge in [0, 0.05) is 5.41 Å². The van der Waals surface area contributed by atoms with Crippen molar-refractivity contribution in [3.05, 3.63) is 59.2 Å². The van der Waals surface area contributed by atoms with Gasteiger partial charge in [0.1, 0.15) is 11.4 Å². The number of carbonyl (C=O) groups excluding carboxylic acids is 1. The molecule has 1 aromatic rings. The molecule has 2 aliphatic rings. The van der Waals surface area contributed by atoms with Crippen molar-refractivity contribution in [2.24, 2.45) is 17.1 Å². The Morgan fingerprint density at radius 3 is 2.44 bits per heavy atom. The standard InChI is InChI=1S/C23H29NO3/c1-15(2)14-26-19-9-6-16(7-10-19)17-8-11-20-18(12-17)13-22(3,4)23(20,5)27-21(24)25/h6-7,9-13,15H,8,14H2,1-5H3,(H2,24,25)/t23-/m0/s1. The van der Waals surface area contributed by atoms with Crippen molar-refractivity contribution in [3.8, 4) is 5.75 Å². The summed E-state index contributed by atoms with van der Waals surface area (Å²) in [7, 11) is 0. The van der Waals surface area contributed by atoms with Crippen LogP contribution in [0.2, 0.25) is 0 Å². The predicted molar refractivity (Wildman–Crippen MR) is 108 cm³/mol. The number of hydrogen-bond donors (Lipinski definition) is 1. The second kappa shape index (κ2) is 6.91. The van der Waals surface area contributed by atoms with Crippen molar-refractivity contribution in [1.29, 1.82) is 0 Å². The van der Waals surface area contributed by atoms with Gasteiger partial charge >= 0.3 is 6.09 Å². The minimum atomic E-state index is -0.745. The van der Waals surface area contributed by atoms with Gasteiger partial charge in [-0.25, -0.2) is 4.79 Å². The number of ether oxygens (including phenoxy) is 2. The summed E-state index contributed by atoms with van der Waals surface area (Å²) in [5, 5.41) is 0. The quantitative estimate of drug-likeness (QED) is 0.772. The molecule has 0 unspecified atom stereocenters. The van der Waals surface area contributed by atoms with Crippen LogP contribution in [-0.2, 0) is 4.74 Å². The number of carbonyl (C=O) groups is 1. The van der Waals surface area contributed by atoms with Crippen LogP contribution in [0.25, 0.3) is 5.57 Å². The van der Waals surface area contributed by atoms with Gasteiger partial charge in [-0.15, -0.1) is 0 Å². The molecule has 0 heterocycles. The summed E-state index contributed by atoms with van der Waals surface area (Å²) in [4.78, 5) is 11.5. The maximum atomic E-state index is 11.5. The molecule has 27 heavy (non-hydrogen) atoms. The van der Waals surface area contributed by atoms with Gasteiger partial charge in [-0.05, 0) is 53.7 Å². The molecular weight excluding hydrogens is 338 g/mol. The Balaban J connectivity index is 1.83. The van der Waals surface area contributed by atoms with Gasteiger partial charge in [-0.3, -0.25) is 0 Å². The zero-order chi connectivity index (χ0) is 19.8. The molecule has 144 valence electrons. The van der Waals surface area contributed by atoms with Gasteiger partial charge in [0.15, 0.2) is 0 Å². The van der Waals surface area contributed by atoms with Gasteiger partial charge in [0.25, 0.3) is 0 Å². The van der Waals surface area contributed by atoms with Crippen LogP contribution in [0.3, 0.4) is 0 Å². The molecule has 2 N–H and O–H groups in total. The Morgan fingerprint density at radius 1 is 1.19 bits per heavy atom. The molecular formula is C23H29NO3. The summed E-state index contributed by atoms with van der Waals surface area (Å²) in [5.74, 6) is 1.40. The summed E-state index contributed by atoms with van der Waals surface area (Å²) in [6.07, 6.45) is 6.56. The minimum absolute atomic E-state index is 0.330. The first-order chi connectivity index (χ1) is 12.6. The molecule has 0 aromatic heterocycles. The molecule has 0 saturated heterocycles. The lowest BCUT2D eigenvalue weighted by Crippen LogP contribution is -2.44. The second-order valence-electron chi connectivity index (χ2n) is 8.50. The molecule has 1 atom stereocenters. The fourth-order valence-electron chi connectivity index (χ4n) is 3.73. The van der Waals surface area contributed by atoms with Gasteiger partial charge in [-0.2, -0.15) is 0 Å². The zero-order valence-electron chi connectivity index (χ0n) is 16.8. The van der Waals surface area contributed by atoms with Gasteiger partial charge in [-0.1, -0.05) is 58.1 Å². The van der Waals surface area contributed by atoms with E-state index in [1.165, 1.54) is 11.1 Å². The molecule has 3 rings (SSSR count). The second-order valence-corrected chi connectivity index (χ2v) is 8.50. The Hall–Kier alpha value is -2.49.